The van der Waals surface area contributed by atoms with E-state index in [0.717, 1.165) is 5.56 Å². The number of aromatic nitrogens is 2. The molecule has 0 radical (unpaired) electrons. The molecule has 7 nitrogen and oxygen atoms in total. The Labute approximate surface area is 126 Å². The van der Waals surface area contributed by atoms with E-state index in [1.54, 1.807) is 19.1 Å². The van der Waals surface area contributed by atoms with E-state index in [0.29, 0.717) is 0 Å². The molecule has 0 saturated carbocycles. The van der Waals surface area contributed by atoms with Crippen LogP contribution in [0.5, 0.6) is 0 Å². The number of rotatable bonds is 6. The van der Waals surface area contributed by atoms with E-state index in [1.165, 1.54) is 6.92 Å². The molecule has 2 aromatic rings. The summed E-state index contributed by atoms with van der Waals surface area (Å²) in [5.41, 5.74) is 0.719. The number of benzene rings is 1. The van der Waals surface area contributed by atoms with E-state index in [1.807, 2.05) is 18.2 Å². The maximum absolute atomic E-state index is 11.8. The molecule has 1 heterocycles. The Morgan fingerprint density at radius 2 is 1.95 bits per heavy atom. The highest BCUT2D eigenvalue weighted by Gasteiger charge is 2.37. The number of carboxylic acids is 1. The second kappa shape index (κ2) is 6.84. The summed E-state index contributed by atoms with van der Waals surface area (Å²) in [5, 5.41) is 17.0. The molecular weight excluding hydrogens is 288 g/mol. The van der Waals surface area contributed by atoms with Crippen molar-refractivity contribution in [3.63, 3.8) is 0 Å². The van der Waals surface area contributed by atoms with Crippen LogP contribution in [-0.2, 0) is 14.3 Å². The third kappa shape index (κ3) is 3.30. The zero-order chi connectivity index (χ0) is 16.1. The average molecular weight is 304 g/mol. The van der Waals surface area contributed by atoms with Crippen molar-refractivity contribution in [2.45, 2.75) is 19.8 Å². The van der Waals surface area contributed by atoms with Crippen LogP contribution in [0, 0.1) is 5.92 Å². The monoisotopic (exact) mass is 304 g/mol. The molecule has 1 N–H and O–H groups in total. The van der Waals surface area contributed by atoms with Crippen molar-refractivity contribution in [3.05, 3.63) is 36.2 Å². The van der Waals surface area contributed by atoms with Gasteiger partial charge in [0.25, 0.3) is 0 Å². The summed E-state index contributed by atoms with van der Waals surface area (Å²) < 4.78 is 10.3. The Morgan fingerprint density at radius 1 is 1.27 bits per heavy atom. The summed E-state index contributed by atoms with van der Waals surface area (Å²) in [5.74, 6) is -3.92. The van der Waals surface area contributed by atoms with E-state index in [9.17, 15) is 14.7 Å². The fraction of sp³-hybridized carbons (Fsp3) is 0.333. The number of carbonyl (C=O) groups excluding carboxylic acids is 1. The third-order valence-electron chi connectivity index (χ3n) is 3.16. The van der Waals surface area contributed by atoms with E-state index in [-0.39, 0.29) is 18.4 Å². The maximum Gasteiger partial charge on any atom is 0.321 e. The third-order valence-corrected chi connectivity index (χ3v) is 3.16. The van der Waals surface area contributed by atoms with Crippen LogP contribution < -0.4 is 0 Å². The van der Waals surface area contributed by atoms with Crippen LogP contribution in [0.1, 0.15) is 25.7 Å². The van der Waals surface area contributed by atoms with Crippen LogP contribution in [0.4, 0.5) is 0 Å². The fourth-order valence-corrected chi connectivity index (χ4v) is 2.01. The highest BCUT2D eigenvalue weighted by molar-refractivity contribution is 5.94. The largest absolute Gasteiger partial charge is 0.481 e. The van der Waals surface area contributed by atoms with Crippen molar-refractivity contribution in [1.29, 1.82) is 0 Å². The predicted octanol–water partition coefficient (Wildman–Crippen LogP) is 2.10. The van der Waals surface area contributed by atoms with Crippen molar-refractivity contribution < 1.29 is 23.8 Å². The summed E-state index contributed by atoms with van der Waals surface area (Å²) in [7, 11) is 0. The van der Waals surface area contributed by atoms with E-state index in [2.05, 4.69) is 10.2 Å². The standard InChI is InChI=1S/C15H16N2O5/c1-3-21-15(20)11(14(18)19)9(2)12-16-17-13(22-12)10-7-5-4-6-8-10/h4-9,11H,3H2,1-2H3,(H,18,19). The molecule has 1 aromatic carbocycles. The first-order valence-corrected chi connectivity index (χ1v) is 6.82. The molecule has 2 rings (SSSR count). The predicted molar refractivity (Wildman–Crippen MR) is 75.9 cm³/mol. The number of hydrogen-bond donors (Lipinski definition) is 1. The van der Waals surface area contributed by atoms with Crippen LogP contribution >= 0.6 is 0 Å². The minimum Gasteiger partial charge on any atom is -0.481 e. The molecule has 0 aliphatic rings. The van der Waals surface area contributed by atoms with Gasteiger partial charge in [-0.3, -0.25) is 9.59 Å². The van der Waals surface area contributed by atoms with Gasteiger partial charge in [-0.25, -0.2) is 0 Å². The highest BCUT2D eigenvalue weighted by Crippen LogP contribution is 2.27. The maximum atomic E-state index is 11.8. The Hall–Kier alpha value is -2.70. The molecule has 1 aromatic heterocycles. The second-order valence-electron chi connectivity index (χ2n) is 4.67. The quantitative estimate of drug-likeness (QED) is 0.644. The van der Waals surface area contributed by atoms with E-state index in [4.69, 9.17) is 9.15 Å². The molecular formula is C15H16N2O5. The lowest BCUT2D eigenvalue weighted by molar-refractivity contribution is -0.159. The SMILES string of the molecule is CCOC(=O)C(C(=O)O)C(C)c1nnc(-c2ccccc2)o1. The Bertz CT molecular complexity index is 653. The van der Waals surface area contributed by atoms with Gasteiger partial charge in [-0.2, -0.15) is 0 Å². The Kier molecular flexibility index (Phi) is 4.88. The Morgan fingerprint density at radius 3 is 2.55 bits per heavy atom. The van der Waals surface area contributed by atoms with Gasteiger partial charge in [0.15, 0.2) is 5.92 Å². The van der Waals surface area contributed by atoms with Gasteiger partial charge in [-0.05, 0) is 19.1 Å². The smallest absolute Gasteiger partial charge is 0.321 e. The van der Waals surface area contributed by atoms with Gasteiger partial charge >= 0.3 is 11.9 Å². The number of carboxylic acid groups (broad SMARTS) is 1. The van der Waals surface area contributed by atoms with Gasteiger partial charge in [-0.1, -0.05) is 25.1 Å². The van der Waals surface area contributed by atoms with Crippen molar-refractivity contribution >= 4 is 11.9 Å². The van der Waals surface area contributed by atoms with Crippen LogP contribution in [0.25, 0.3) is 11.5 Å². The zero-order valence-electron chi connectivity index (χ0n) is 12.2. The molecule has 0 aliphatic carbocycles. The molecule has 2 atom stereocenters. The topological polar surface area (TPSA) is 103 Å². The molecule has 0 aliphatic heterocycles. The number of esters is 1. The number of aliphatic carboxylic acids is 1. The molecule has 0 saturated heterocycles. The van der Waals surface area contributed by atoms with Crippen LogP contribution in [0.2, 0.25) is 0 Å². The second-order valence-corrected chi connectivity index (χ2v) is 4.67. The number of ether oxygens (including phenoxy) is 1. The summed E-state index contributed by atoms with van der Waals surface area (Å²) >= 11 is 0. The lowest BCUT2D eigenvalue weighted by Crippen LogP contribution is -2.30. The van der Waals surface area contributed by atoms with Gasteiger partial charge in [0.2, 0.25) is 11.8 Å². The lowest BCUT2D eigenvalue weighted by atomic mass is 9.94. The molecule has 22 heavy (non-hydrogen) atoms. The Balaban J connectivity index is 2.25. The van der Waals surface area contributed by atoms with Gasteiger partial charge in [-0.15, -0.1) is 10.2 Å². The number of nitrogens with zero attached hydrogens (tertiary/aromatic N) is 2. The first-order chi connectivity index (χ1) is 10.5. The highest BCUT2D eigenvalue weighted by atomic mass is 16.5. The minimum absolute atomic E-state index is 0.0827. The van der Waals surface area contributed by atoms with Gasteiger partial charge < -0.3 is 14.3 Å². The molecule has 116 valence electrons. The van der Waals surface area contributed by atoms with Gasteiger partial charge in [0.05, 0.1) is 12.5 Å². The normalized spacial score (nSPS) is 13.4. The number of carbonyl (C=O) groups is 2. The average Bonchev–Trinajstić information content (AvgIpc) is 2.98. The molecule has 0 fully saturated rings. The van der Waals surface area contributed by atoms with Crippen LogP contribution in [0.15, 0.2) is 34.7 Å². The van der Waals surface area contributed by atoms with Crippen molar-refractivity contribution in [1.82, 2.24) is 10.2 Å². The lowest BCUT2D eigenvalue weighted by Gasteiger charge is -2.15. The number of hydrogen-bond acceptors (Lipinski definition) is 6. The molecule has 2 unspecified atom stereocenters. The summed E-state index contributed by atoms with van der Waals surface area (Å²) in [4.78, 5) is 23.1. The molecule has 0 amide bonds. The first kappa shape index (κ1) is 15.7. The first-order valence-electron chi connectivity index (χ1n) is 6.82. The minimum atomic E-state index is -1.39. The molecule has 7 heteroatoms. The van der Waals surface area contributed by atoms with Crippen molar-refractivity contribution in [2.75, 3.05) is 6.61 Å². The molecule has 0 spiro atoms. The zero-order valence-corrected chi connectivity index (χ0v) is 12.2. The van der Waals surface area contributed by atoms with Gasteiger partial charge in [0.1, 0.15) is 0 Å². The van der Waals surface area contributed by atoms with Crippen molar-refractivity contribution in [2.24, 2.45) is 5.92 Å². The summed E-state index contributed by atoms with van der Waals surface area (Å²) in [6.45, 7) is 3.26. The van der Waals surface area contributed by atoms with E-state index < -0.39 is 23.8 Å². The van der Waals surface area contributed by atoms with Crippen molar-refractivity contribution in [3.8, 4) is 11.5 Å². The molecule has 0 bridgehead atoms. The summed E-state index contributed by atoms with van der Waals surface area (Å²) in [6.07, 6.45) is 0. The summed E-state index contributed by atoms with van der Waals surface area (Å²) in [6, 6.07) is 9.08. The van der Waals surface area contributed by atoms with Gasteiger partial charge in [0, 0.05) is 5.56 Å². The van der Waals surface area contributed by atoms with Crippen LogP contribution in [-0.4, -0.2) is 33.8 Å². The fourth-order valence-electron chi connectivity index (χ4n) is 2.01. The van der Waals surface area contributed by atoms with E-state index >= 15 is 0 Å². The van der Waals surface area contributed by atoms with Crippen LogP contribution in [0.3, 0.4) is 0 Å².